The second kappa shape index (κ2) is 8.11. The van der Waals surface area contributed by atoms with E-state index in [2.05, 4.69) is 75.3 Å². The van der Waals surface area contributed by atoms with Gasteiger partial charge in [0.2, 0.25) is 0 Å². The molecule has 1 N–H and O–H groups in total. The molecule has 190 valence electrons. The van der Waals surface area contributed by atoms with E-state index in [4.69, 9.17) is 0 Å². The summed E-state index contributed by atoms with van der Waals surface area (Å²) in [5, 5.41) is 10.8. The first kappa shape index (κ1) is 25.8. The largest absolute Gasteiger partial charge is 0.393 e. The van der Waals surface area contributed by atoms with Crippen LogP contribution >= 0.6 is 0 Å². The molecular weight excluding hydrogens is 400 g/mol. The molecule has 1 heteroatoms. The van der Waals surface area contributed by atoms with E-state index in [1.807, 2.05) is 5.57 Å². The topological polar surface area (TPSA) is 20.2 Å². The molecule has 0 heterocycles. The Bertz CT molecular complexity index is 773. The van der Waals surface area contributed by atoms with Crippen LogP contribution in [0.15, 0.2) is 11.6 Å². The van der Waals surface area contributed by atoms with Crippen LogP contribution in [0, 0.1) is 56.7 Å². The molecule has 0 aromatic carbocycles. The van der Waals surface area contributed by atoms with Crippen LogP contribution in [-0.4, -0.2) is 11.2 Å². The van der Waals surface area contributed by atoms with Crippen LogP contribution in [0.5, 0.6) is 0 Å². The van der Waals surface area contributed by atoms with Crippen molar-refractivity contribution in [1.82, 2.24) is 0 Å². The van der Waals surface area contributed by atoms with E-state index >= 15 is 0 Å². The monoisotopic (exact) mass is 456 g/mol. The Kier molecular flexibility index (Phi) is 6.34. The van der Waals surface area contributed by atoms with Crippen LogP contribution in [-0.2, 0) is 0 Å². The third-order valence-corrected chi connectivity index (χ3v) is 13.3. The summed E-state index contributed by atoms with van der Waals surface area (Å²) >= 11 is 0. The van der Waals surface area contributed by atoms with Crippen molar-refractivity contribution in [2.24, 2.45) is 56.7 Å². The van der Waals surface area contributed by atoms with Gasteiger partial charge < -0.3 is 5.11 Å². The SMILES string of the molecule is CC(CCC(C)(C)C(C)C)C1CCC2(C)C3CCC4C(C)(CCC(O)C4(C)C)C3=CCC12C. The van der Waals surface area contributed by atoms with Crippen LogP contribution < -0.4 is 0 Å². The highest BCUT2D eigenvalue weighted by atomic mass is 16.3. The summed E-state index contributed by atoms with van der Waals surface area (Å²) in [5.74, 6) is 3.81. The van der Waals surface area contributed by atoms with Crippen LogP contribution in [0.4, 0.5) is 0 Å². The number of hydrogen-bond acceptors (Lipinski definition) is 1. The average molecular weight is 457 g/mol. The van der Waals surface area contributed by atoms with Gasteiger partial charge in [-0.1, -0.05) is 80.9 Å². The lowest BCUT2D eigenvalue weighted by Crippen LogP contribution is -2.57. The molecule has 0 saturated heterocycles. The molecule has 0 bridgehead atoms. The summed E-state index contributed by atoms with van der Waals surface area (Å²) in [6.07, 6.45) is 14.3. The van der Waals surface area contributed by atoms with E-state index in [1.54, 1.807) is 0 Å². The Morgan fingerprint density at radius 2 is 1.61 bits per heavy atom. The summed E-state index contributed by atoms with van der Waals surface area (Å²) in [5.41, 5.74) is 3.47. The molecule has 0 radical (unpaired) electrons. The summed E-state index contributed by atoms with van der Waals surface area (Å²) in [7, 11) is 0. The third-order valence-electron chi connectivity index (χ3n) is 13.3. The Hall–Kier alpha value is -0.300. The predicted molar refractivity (Wildman–Crippen MR) is 142 cm³/mol. The molecular formula is C32H56O. The van der Waals surface area contributed by atoms with Crippen molar-refractivity contribution in [3.05, 3.63) is 11.6 Å². The normalized spacial score (nSPS) is 45.8. The van der Waals surface area contributed by atoms with Crippen molar-refractivity contribution in [3.63, 3.8) is 0 Å². The van der Waals surface area contributed by atoms with Gasteiger partial charge in [-0.2, -0.15) is 0 Å². The van der Waals surface area contributed by atoms with E-state index in [9.17, 15) is 5.11 Å². The molecule has 0 aliphatic heterocycles. The van der Waals surface area contributed by atoms with E-state index in [0.717, 1.165) is 30.1 Å². The minimum absolute atomic E-state index is 0.0381. The van der Waals surface area contributed by atoms with Gasteiger partial charge in [0.15, 0.2) is 0 Å². The zero-order valence-electron chi connectivity index (χ0n) is 23.9. The maximum absolute atomic E-state index is 10.8. The molecule has 3 saturated carbocycles. The lowest BCUT2D eigenvalue weighted by Gasteiger charge is -2.64. The smallest absolute Gasteiger partial charge is 0.0594 e. The predicted octanol–water partition coefficient (Wildman–Crippen LogP) is 9.05. The summed E-state index contributed by atoms with van der Waals surface area (Å²) < 4.78 is 0. The first-order chi connectivity index (χ1) is 15.1. The highest BCUT2D eigenvalue weighted by molar-refractivity contribution is 5.32. The second-order valence-electron chi connectivity index (χ2n) is 15.5. The minimum atomic E-state index is -0.135. The highest BCUT2D eigenvalue weighted by Crippen LogP contribution is 2.73. The maximum atomic E-state index is 10.8. The van der Waals surface area contributed by atoms with Crippen molar-refractivity contribution in [2.75, 3.05) is 0 Å². The molecule has 4 aliphatic carbocycles. The van der Waals surface area contributed by atoms with Gasteiger partial charge in [0.1, 0.15) is 0 Å². The van der Waals surface area contributed by atoms with Crippen molar-refractivity contribution in [1.29, 1.82) is 0 Å². The lowest BCUT2D eigenvalue weighted by atomic mass is 9.41. The molecule has 0 spiro atoms. The van der Waals surface area contributed by atoms with Crippen LogP contribution in [0.25, 0.3) is 0 Å². The van der Waals surface area contributed by atoms with E-state index in [0.29, 0.717) is 27.6 Å². The van der Waals surface area contributed by atoms with Gasteiger partial charge in [-0.15, -0.1) is 0 Å². The molecule has 3 fully saturated rings. The van der Waals surface area contributed by atoms with Gasteiger partial charge in [0, 0.05) is 0 Å². The first-order valence-electron chi connectivity index (χ1n) is 14.5. The molecule has 4 aliphatic rings. The second-order valence-corrected chi connectivity index (χ2v) is 15.5. The molecule has 0 aromatic heterocycles. The zero-order valence-corrected chi connectivity index (χ0v) is 23.9. The molecule has 0 amide bonds. The molecule has 8 atom stereocenters. The Balaban J connectivity index is 1.60. The van der Waals surface area contributed by atoms with Gasteiger partial charge in [0.25, 0.3) is 0 Å². The fourth-order valence-electron chi connectivity index (χ4n) is 9.76. The molecule has 1 nitrogen and oxygen atoms in total. The molecule has 0 aromatic rings. The standard InChI is InChI=1S/C32H56O/c1-21(2)28(4,5)17-13-22(3)23-14-19-32(10)25-11-12-26-29(6,7)27(33)16-18-30(26,8)24(25)15-20-31(23,32)9/h15,21-23,25-27,33H,11-14,16-20H2,1-10H3. The highest BCUT2D eigenvalue weighted by Gasteiger charge is 2.65. The van der Waals surface area contributed by atoms with Crippen molar-refractivity contribution in [3.8, 4) is 0 Å². The lowest BCUT2D eigenvalue weighted by molar-refractivity contribution is -0.118. The van der Waals surface area contributed by atoms with Gasteiger partial charge in [-0.25, -0.2) is 0 Å². The van der Waals surface area contributed by atoms with Crippen LogP contribution in [0.3, 0.4) is 0 Å². The van der Waals surface area contributed by atoms with E-state index in [-0.39, 0.29) is 11.5 Å². The summed E-state index contributed by atoms with van der Waals surface area (Å²) in [6.45, 7) is 25.0. The minimum Gasteiger partial charge on any atom is -0.393 e. The van der Waals surface area contributed by atoms with E-state index < -0.39 is 0 Å². The third kappa shape index (κ3) is 3.64. The Morgan fingerprint density at radius 3 is 2.24 bits per heavy atom. The Labute approximate surface area is 206 Å². The molecule has 4 rings (SSSR count). The number of rotatable bonds is 5. The van der Waals surface area contributed by atoms with Gasteiger partial charge in [-0.3, -0.25) is 0 Å². The molecule has 33 heavy (non-hydrogen) atoms. The maximum Gasteiger partial charge on any atom is 0.0594 e. The van der Waals surface area contributed by atoms with Crippen molar-refractivity contribution in [2.45, 2.75) is 133 Å². The quantitative estimate of drug-likeness (QED) is 0.409. The number of aliphatic hydroxyl groups excluding tert-OH is 1. The number of aliphatic hydroxyl groups is 1. The first-order valence-corrected chi connectivity index (χ1v) is 14.5. The van der Waals surface area contributed by atoms with Crippen LogP contribution in [0.1, 0.15) is 127 Å². The van der Waals surface area contributed by atoms with Gasteiger partial charge in [-0.05, 0) is 114 Å². The summed E-state index contributed by atoms with van der Waals surface area (Å²) in [6, 6.07) is 0. The van der Waals surface area contributed by atoms with Gasteiger partial charge >= 0.3 is 0 Å². The van der Waals surface area contributed by atoms with Gasteiger partial charge in [0.05, 0.1) is 6.10 Å². The number of allylic oxidation sites excluding steroid dienone is 2. The molecule has 8 unspecified atom stereocenters. The van der Waals surface area contributed by atoms with Crippen molar-refractivity contribution < 1.29 is 5.11 Å². The number of hydrogen-bond donors (Lipinski definition) is 1. The zero-order chi connectivity index (χ0) is 24.6. The fourth-order valence-corrected chi connectivity index (χ4v) is 9.76. The Morgan fingerprint density at radius 1 is 0.939 bits per heavy atom. The number of fused-ring (bicyclic) bond motifs is 5. The van der Waals surface area contributed by atoms with Crippen molar-refractivity contribution >= 4 is 0 Å². The fraction of sp³-hybridized carbons (Fsp3) is 0.938. The van der Waals surface area contributed by atoms with E-state index in [1.165, 1.54) is 51.4 Å². The summed E-state index contributed by atoms with van der Waals surface area (Å²) in [4.78, 5) is 0. The van der Waals surface area contributed by atoms with Crippen LogP contribution in [0.2, 0.25) is 0 Å². The average Bonchev–Trinajstić information content (AvgIpc) is 3.01.